The highest BCUT2D eigenvalue weighted by molar-refractivity contribution is 7.99. The molecule has 0 radical (unpaired) electrons. The molecule has 1 aliphatic heterocycles. The van der Waals surface area contributed by atoms with E-state index in [0.717, 1.165) is 5.75 Å². The molecule has 2 N–H and O–H groups in total. The van der Waals surface area contributed by atoms with Gasteiger partial charge in [0.05, 0.1) is 6.04 Å². The molecule has 1 aromatic rings. The van der Waals surface area contributed by atoms with Gasteiger partial charge in [0, 0.05) is 11.8 Å². The number of hydrogen-bond donors (Lipinski definition) is 2. The quantitative estimate of drug-likeness (QED) is 0.865. The minimum Gasteiger partial charge on any atom is -0.475 e. The number of rotatable bonds is 4. The van der Waals surface area contributed by atoms with E-state index in [0.29, 0.717) is 11.8 Å². The third kappa shape index (κ3) is 3.26. The first-order valence-electron chi connectivity index (χ1n) is 5.83. The maximum absolute atomic E-state index is 10.7. The topological polar surface area (TPSA) is 62.5 Å². The summed E-state index contributed by atoms with van der Waals surface area (Å²) in [7, 11) is 0. The second-order valence-electron chi connectivity index (χ2n) is 4.31. The molecule has 94 valence electrons. The molecule has 2 heterocycles. The van der Waals surface area contributed by atoms with Gasteiger partial charge in [-0.1, -0.05) is 0 Å². The largest absolute Gasteiger partial charge is 0.475 e. The van der Waals surface area contributed by atoms with Crippen molar-refractivity contribution in [2.45, 2.75) is 31.8 Å². The lowest BCUT2D eigenvalue weighted by Gasteiger charge is -2.25. The number of aromatic carboxylic acids is 1. The smallest absolute Gasteiger partial charge is 0.371 e. The van der Waals surface area contributed by atoms with E-state index in [4.69, 9.17) is 9.52 Å². The van der Waals surface area contributed by atoms with Gasteiger partial charge in [0.1, 0.15) is 5.76 Å². The summed E-state index contributed by atoms with van der Waals surface area (Å²) in [6.45, 7) is 2.00. The first-order valence-corrected chi connectivity index (χ1v) is 6.99. The number of carbonyl (C=O) groups is 1. The van der Waals surface area contributed by atoms with Crippen molar-refractivity contribution in [2.75, 3.05) is 11.5 Å². The maximum Gasteiger partial charge on any atom is 0.371 e. The number of carboxylic acid groups (broad SMARTS) is 1. The normalized spacial score (nSPS) is 22.3. The predicted octanol–water partition coefficient (Wildman–Crippen LogP) is 2.52. The Labute approximate surface area is 105 Å². The van der Waals surface area contributed by atoms with Crippen LogP contribution in [0.4, 0.5) is 0 Å². The Hall–Kier alpha value is -0.940. The molecule has 2 atom stereocenters. The molecule has 1 fully saturated rings. The SMILES string of the molecule is CC(NC1CCCSC1)c1ccc(C(=O)O)o1. The van der Waals surface area contributed by atoms with Crippen LogP contribution in [0.5, 0.6) is 0 Å². The fraction of sp³-hybridized carbons (Fsp3) is 0.583. The number of thioether (sulfide) groups is 1. The lowest BCUT2D eigenvalue weighted by atomic mass is 10.1. The molecule has 5 heteroatoms. The predicted molar refractivity (Wildman–Crippen MR) is 67.6 cm³/mol. The van der Waals surface area contributed by atoms with Crippen LogP contribution in [0.1, 0.15) is 42.1 Å². The van der Waals surface area contributed by atoms with Gasteiger partial charge in [-0.05, 0) is 37.7 Å². The Morgan fingerprint density at radius 2 is 2.47 bits per heavy atom. The van der Waals surface area contributed by atoms with Crippen LogP contribution in [0, 0.1) is 0 Å². The van der Waals surface area contributed by atoms with E-state index in [1.807, 2.05) is 18.7 Å². The molecule has 2 unspecified atom stereocenters. The van der Waals surface area contributed by atoms with Gasteiger partial charge in [-0.2, -0.15) is 11.8 Å². The molecule has 0 amide bonds. The van der Waals surface area contributed by atoms with Crippen molar-refractivity contribution in [1.29, 1.82) is 0 Å². The molecule has 0 saturated carbocycles. The lowest BCUT2D eigenvalue weighted by Crippen LogP contribution is -2.35. The summed E-state index contributed by atoms with van der Waals surface area (Å²) in [6.07, 6.45) is 2.43. The third-order valence-electron chi connectivity index (χ3n) is 2.91. The van der Waals surface area contributed by atoms with Crippen molar-refractivity contribution in [3.05, 3.63) is 23.7 Å². The first-order chi connectivity index (χ1) is 8.16. The lowest BCUT2D eigenvalue weighted by molar-refractivity contribution is 0.0659. The zero-order chi connectivity index (χ0) is 12.3. The minimum atomic E-state index is -1.02. The summed E-state index contributed by atoms with van der Waals surface area (Å²) < 4.78 is 5.28. The van der Waals surface area contributed by atoms with E-state index in [2.05, 4.69) is 5.32 Å². The number of furan rings is 1. The molecular weight excluding hydrogens is 238 g/mol. The number of nitrogens with one attached hydrogen (secondary N) is 1. The fourth-order valence-electron chi connectivity index (χ4n) is 2.01. The van der Waals surface area contributed by atoms with Crippen LogP contribution in [0.3, 0.4) is 0 Å². The van der Waals surface area contributed by atoms with Gasteiger partial charge in [0.2, 0.25) is 5.76 Å². The highest BCUT2D eigenvalue weighted by Crippen LogP contribution is 2.22. The first kappa shape index (κ1) is 12.5. The van der Waals surface area contributed by atoms with Crippen LogP contribution in [0.2, 0.25) is 0 Å². The zero-order valence-electron chi connectivity index (χ0n) is 9.81. The summed E-state index contributed by atoms with van der Waals surface area (Å²) in [5.41, 5.74) is 0. The van der Waals surface area contributed by atoms with Crippen LogP contribution < -0.4 is 5.32 Å². The van der Waals surface area contributed by atoms with Crippen LogP contribution in [-0.4, -0.2) is 28.6 Å². The summed E-state index contributed by atoms with van der Waals surface area (Å²) >= 11 is 1.96. The van der Waals surface area contributed by atoms with Crippen LogP contribution in [0.25, 0.3) is 0 Å². The molecule has 1 saturated heterocycles. The summed E-state index contributed by atoms with van der Waals surface area (Å²) in [5.74, 6) is 2.05. The van der Waals surface area contributed by atoms with Crippen molar-refractivity contribution < 1.29 is 14.3 Å². The molecule has 0 aromatic carbocycles. The Kier molecular flexibility index (Phi) is 4.12. The van der Waals surface area contributed by atoms with Gasteiger partial charge in [-0.15, -0.1) is 0 Å². The molecule has 1 aliphatic rings. The molecule has 4 nitrogen and oxygen atoms in total. The monoisotopic (exact) mass is 255 g/mol. The van der Waals surface area contributed by atoms with Gasteiger partial charge < -0.3 is 14.8 Å². The maximum atomic E-state index is 10.7. The van der Waals surface area contributed by atoms with Gasteiger partial charge in [0.25, 0.3) is 0 Å². The molecule has 0 bridgehead atoms. The van der Waals surface area contributed by atoms with Gasteiger partial charge >= 0.3 is 5.97 Å². The van der Waals surface area contributed by atoms with Crippen LogP contribution >= 0.6 is 11.8 Å². The molecule has 0 spiro atoms. The van der Waals surface area contributed by atoms with E-state index in [9.17, 15) is 4.79 Å². The van der Waals surface area contributed by atoms with E-state index in [-0.39, 0.29) is 11.8 Å². The Morgan fingerprint density at radius 1 is 1.65 bits per heavy atom. The Balaban J connectivity index is 1.93. The van der Waals surface area contributed by atoms with Crippen molar-refractivity contribution >= 4 is 17.7 Å². The number of carboxylic acids is 1. The van der Waals surface area contributed by atoms with Crippen LogP contribution in [0.15, 0.2) is 16.5 Å². The summed E-state index contributed by atoms with van der Waals surface area (Å²) in [5, 5.41) is 12.3. The van der Waals surface area contributed by atoms with Crippen LogP contribution in [-0.2, 0) is 0 Å². The van der Waals surface area contributed by atoms with E-state index < -0.39 is 5.97 Å². The van der Waals surface area contributed by atoms with E-state index in [1.54, 1.807) is 6.07 Å². The van der Waals surface area contributed by atoms with Crippen molar-refractivity contribution in [3.63, 3.8) is 0 Å². The molecule has 17 heavy (non-hydrogen) atoms. The van der Waals surface area contributed by atoms with Gasteiger partial charge in [-0.3, -0.25) is 0 Å². The van der Waals surface area contributed by atoms with E-state index >= 15 is 0 Å². The molecule has 2 rings (SSSR count). The highest BCUT2D eigenvalue weighted by atomic mass is 32.2. The standard InChI is InChI=1S/C12H17NO3S/c1-8(13-9-3-2-6-17-7-9)10-4-5-11(16-10)12(14)15/h4-5,8-9,13H,2-3,6-7H2,1H3,(H,14,15). The fourth-order valence-corrected chi connectivity index (χ4v) is 3.09. The second kappa shape index (κ2) is 5.60. The second-order valence-corrected chi connectivity index (χ2v) is 5.46. The van der Waals surface area contributed by atoms with Crippen molar-refractivity contribution in [2.24, 2.45) is 0 Å². The Morgan fingerprint density at radius 3 is 3.06 bits per heavy atom. The third-order valence-corrected chi connectivity index (χ3v) is 4.13. The Bertz CT molecular complexity index is 385. The average molecular weight is 255 g/mol. The van der Waals surface area contributed by atoms with Gasteiger partial charge in [0.15, 0.2) is 0 Å². The van der Waals surface area contributed by atoms with Gasteiger partial charge in [-0.25, -0.2) is 4.79 Å². The van der Waals surface area contributed by atoms with Crippen molar-refractivity contribution in [3.8, 4) is 0 Å². The molecular formula is C12H17NO3S. The molecule has 0 aliphatic carbocycles. The average Bonchev–Trinajstić information content (AvgIpc) is 2.79. The zero-order valence-corrected chi connectivity index (χ0v) is 10.6. The number of hydrogen-bond acceptors (Lipinski definition) is 4. The highest BCUT2D eigenvalue weighted by Gasteiger charge is 2.19. The summed E-state index contributed by atoms with van der Waals surface area (Å²) in [4.78, 5) is 10.7. The van der Waals surface area contributed by atoms with Crippen molar-refractivity contribution in [1.82, 2.24) is 5.32 Å². The minimum absolute atomic E-state index is 0.00618. The van der Waals surface area contributed by atoms with E-state index in [1.165, 1.54) is 24.7 Å². The summed E-state index contributed by atoms with van der Waals surface area (Å²) in [6, 6.07) is 3.80. The molecule has 1 aromatic heterocycles.